The summed E-state index contributed by atoms with van der Waals surface area (Å²) in [5.74, 6) is -1.47. The minimum absolute atomic E-state index is 0.0380. The van der Waals surface area contributed by atoms with Gasteiger partial charge in [-0.3, -0.25) is 14.4 Å². The second kappa shape index (κ2) is 5.39. The number of aliphatic carboxylic acids is 1. The van der Waals surface area contributed by atoms with E-state index >= 15 is 0 Å². The highest BCUT2D eigenvalue weighted by Gasteiger charge is 2.28. The van der Waals surface area contributed by atoms with Gasteiger partial charge in [0, 0.05) is 6.04 Å². The van der Waals surface area contributed by atoms with Gasteiger partial charge in [0.2, 0.25) is 5.71 Å². The zero-order valence-corrected chi connectivity index (χ0v) is 11.8. The number of nitrogens with zero attached hydrogens (tertiary/aromatic N) is 2. The van der Waals surface area contributed by atoms with E-state index in [1.165, 1.54) is 13.3 Å². The molecule has 0 spiro atoms. The smallest absolute Gasteiger partial charge is 0.323 e. The maximum atomic E-state index is 12.6. The number of furan rings is 1. The van der Waals surface area contributed by atoms with Crippen LogP contribution >= 0.6 is 0 Å². The van der Waals surface area contributed by atoms with Gasteiger partial charge in [-0.05, 0) is 20.8 Å². The van der Waals surface area contributed by atoms with E-state index in [-0.39, 0.29) is 28.5 Å². The number of rotatable bonds is 4. The van der Waals surface area contributed by atoms with Crippen molar-refractivity contribution in [1.82, 2.24) is 14.9 Å². The Hall–Kier alpha value is -2.64. The molecule has 2 N–H and O–H groups in total. The number of carbonyl (C=O) groups is 2. The SMILES string of the molecule is Cc1oc2nc[nH]c(=O)c2c1C(=O)N(CC(=O)O)C(C)C. The van der Waals surface area contributed by atoms with E-state index in [4.69, 9.17) is 9.52 Å². The summed E-state index contributed by atoms with van der Waals surface area (Å²) in [4.78, 5) is 42.8. The fraction of sp³-hybridized carbons (Fsp3) is 0.385. The molecule has 0 saturated heterocycles. The van der Waals surface area contributed by atoms with Crippen LogP contribution in [0.3, 0.4) is 0 Å². The van der Waals surface area contributed by atoms with Crippen molar-refractivity contribution in [1.29, 1.82) is 0 Å². The highest BCUT2D eigenvalue weighted by molar-refractivity contribution is 6.06. The molecule has 0 atom stereocenters. The lowest BCUT2D eigenvalue weighted by molar-refractivity contribution is -0.138. The average molecular weight is 293 g/mol. The van der Waals surface area contributed by atoms with Gasteiger partial charge in [0.1, 0.15) is 17.7 Å². The van der Waals surface area contributed by atoms with Crippen LogP contribution in [0.4, 0.5) is 0 Å². The number of carboxylic acid groups (broad SMARTS) is 1. The highest BCUT2D eigenvalue weighted by Crippen LogP contribution is 2.22. The lowest BCUT2D eigenvalue weighted by atomic mass is 10.1. The summed E-state index contributed by atoms with van der Waals surface area (Å²) >= 11 is 0. The van der Waals surface area contributed by atoms with Crippen molar-refractivity contribution in [3.63, 3.8) is 0 Å². The van der Waals surface area contributed by atoms with Gasteiger partial charge in [0.25, 0.3) is 11.5 Å². The molecule has 0 unspecified atom stereocenters. The summed E-state index contributed by atoms with van der Waals surface area (Å²) in [5.41, 5.74) is -0.396. The van der Waals surface area contributed by atoms with Gasteiger partial charge in [-0.15, -0.1) is 0 Å². The Kier molecular flexibility index (Phi) is 3.79. The molecule has 21 heavy (non-hydrogen) atoms. The van der Waals surface area contributed by atoms with Crippen molar-refractivity contribution in [2.45, 2.75) is 26.8 Å². The zero-order chi connectivity index (χ0) is 15.7. The molecule has 2 aromatic rings. The molecule has 0 bridgehead atoms. The van der Waals surface area contributed by atoms with Gasteiger partial charge in [-0.1, -0.05) is 0 Å². The van der Waals surface area contributed by atoms with Gasteiger partial charge in [0.15, 0.2) is 0 Å². The first-order valence-electron chi connectivity index (χ1n) is 6.32. The topological polar surface area (TPSA) is 117 Å². The van der Waals surface area contributed by atoms with Crippen LogP contribution in [0, 0.1) is 6.92 Å². The van der Waals surface area contributed by atoms with E-state index in [1.54, 1.807) is 13.8 Å². The Morgan fingerprint density at radius 2 is 2.14 bits per heavy atom. The van der Waals surface area contributed by atoms with Crippen molar-refractivity contribution >= 4 is 23.0 Å². The number of hydrogen-bond acceptors (Lipinski definition) is 5. The number of aromatic amines is 1. The fourth-order valence-corrected chi connectivity index (χ4v) is 2.09. The van der Waals surface area contributed by atoms with Crippen molar-refractivity contribution in [3.05, 3.63) is 28.0 Å². The summed E-state index contributed by atoms with van der Waals surface area (Å²) in [6.45, 7) is 4.47. The molecule has 0 radical (unpaired) electrons. The molecule has 8 heteroatoms. The number of hydrogen-bond donors (Lipinski definition) is 2. The molecule has 0 aromatic carbocycles. The van der Waals surface area contributed by atoms with E-state index in [0.29, 0.717) is 0 Å². The number of aryl methyl sites for hydroxylation is 1. The van der Waals surface area contributed by atoms with Crippen LogP contribution in [0.5, 0.6) is 0 Å². The number of amides is 1. The van der Waals surface area contributed by atoms with E-state index < -0.39 is 24.0 Å². The third kappa shape index (κ3) is 2.64. The third-order valence-electron chi connectivity index (χ3n) is 3.07. The molecular weight excluding hydrogens is 278 g/mol. The Bertz CT molecular complexity index is 759. The molecule has 112 valence electrons. The van der Waals surface area contributed by atoms with Crippen LogP contribution < -0.4 is 5.56 Å². The Labute approximate surface area is 119 Å². The van der Waals surface area contributed by atoms with Crippen LogP contribution in [-0.4, -0.2) is 44.4 Å². The summed E-state index contributed by atoms with van der Waals surface area (Å²) in [6.07, 6.45) is 1.18. The predicted molar refractivity (Wildman–Crippen MR) is 73.2 cm³/mol. The zero-order valence-electron chi connectivity index (χ0n) is 11.8. The standard InChI is InChI=1S/C13H15N3O5/c1-6(2)16(4-8(17)18)13(20)9-7(3)21-12-10(9)11(19)14-5-15-12/h5-6H,4H2,1-3H3,(H,17,18)(H,14,15,19). The van der Waals surface area contributed by atoms with Crippen LogP contribution in [0.25, 0.3) is 11.1 Å². The minimum atomic E-state index is -1.13. The molecule has 2 heterocycles. The maximum absolute atomic E-state index is 12.6. The number of carbonyl (C=O) groups excluding carboxylic acids is 1. The number of nitrogens with one attached hydrogen (secondary N) is 1. The lowest BCUT2D eigenvalue weighted by Gasteiger charge is -2.24. The molecule has 0 fully saturated rings. The summed E-state index contributed by atoms with van der Waals surface area (Å²) in [5, 5.41) is 8.96. The van der Waals surface area contributed by atoms with E-state index in [1.807, 2.05) is 0 Å². The molecule has 2 rings (SSSR count). The van der Waals surface area contributed by atoms with Gasteiger partial charge < -0.3 is 19.4 Å². The van der Waals surface area contributed by atoms with Crippen molar-refractivity contribution in [2.75, 3.05) is 6.54 Å². The molecule has 8 nitrogen and oxygen atoms in total. The first kappa shape index (κ1) is 14.8. The van der Waals surface area contributed by atoms with Crippen LogP contribution in [0.15, 0.2) is 15.5 Å². The first-order chi connectivity index (χ1) is 9.82. The molecular formula is C13H15N3O5. The molecule has 0 aliphatic heterocycles. The van der Waals surface area contributed by atoms with Crippen molar-refractivity contribution in [2.24, 2.45) is 0 Å². The second-order valence-corrected chi connectivity index (χ2v) is 4.87. The third-order valence-corrected chi connectivity index (χ3v) is 3.07. The number of aromatic nitrogens is 2. The van der Waals surface area contributed by atoms with E-state index in [9.17, 15) is 14.4 Å². The Morgan fingerprint density at radius 3 is 2.71 bits per heavy atom. The van der Waals surface area contributed by atoms with Crippen LogP contribution in [0.1, 0.15) is 30.0 Å². The van der Waals surface area contributed by atoms with Gasteiger partial charge >= 0.3 is 5.97 Å². The number of H-pyrrole nitrogens is 1. The number of carboxylic acids is 1. The lowest BCUT2D eigenvalue weighted by Crippen LogP contribution is -2.41. The summed E-state index contributed by atoms with van der Waals surface area (Å²) in [6, 6.07) is -0.339. The Balaban J connectivity index is 2.59. The molecule has 1 amide bonds. The second-order valence-electron chi connectivity index (χ2n) is 4.87. The van der Waals surface area contributed by atoms with Gasteiger partial charge in [0.05, 0.1) is 11.9 Å². The quantitative estimate of drug-likeness (QED) is 0.859. The van der Waals surface area contributed by atoms with E-state index in [2.05, 4.69) is 9.97 Å². The predicted octanol–water partition coefficient (Wildman–Crippen LogP) is 0.760. The molecule has 0 aliphatic rings. The molecule has 0 saturated carbocycles. The van der Waals surface area contributed by atoms with Crippen LogP contribution in [0.2, 0.25) is 0 Å². The highest BCUT2D eigenvalue weighted by atomic mass is 16.4. The first-order valence-corrected chi connectivity index (χ1v) is 6.32. The average Bonchev–Trinajstić information content (AvgIpc) is 2.72. The van der Waals surface area contributed by atoms with Crippen molar-refractivity contribution < 1.29 is 19.1 Å². The molecule has 2 aromatic heterocycles. The van der Waals surface area contributed by atoms with Gasteiger partial charge in [-0.2, -0.15) is 0 Å². The summed E-state index contributed by atoms with van der Waals surface area (Å²) in [7, 11) is 0. The fourth-order valence-electron chi connectivity index (χ4n) is 2.09. The largest absolute Gasteiger partial charge is 0.480 e. The Morgan fingerprint density at radius 1 is 1.48 bits per heavy atom. The number of fused-ring (bicyclic) bond motifs is 1. The minimum Gasteiger partial charge on any atom is -0.480 e. The van der Waals surface area contributed by atoms with Crippen LogP contribution in [-0.2, 0) is 4.79 Å². The summed E-state index contributed by atoms with van der Waals surface area (Å²) < 4.78 is 5.31. The maximum Gasteiger partial charge on any atom is 0.323 e. The monoisotopic (exact) mass is 293 g/mol. The van der Waals surface area contributed by atoms with E-state index in [0.717, 1.165) is 4.90 Å². The van der Waals surface area contributed by atoms with Gasteiger partial charge in [-0.25, -0.2) is 4.98 Å². The van der Waals surface area contributed by atoms with Crippen molar-refractivity contribution in [3.8, 4) is 0 Å². The molecule has 0 aliphatic carbocycles. The normalized spacial score (nSPS) is 11.0.